The minimum absolute atomic E-state index is 0.125. The van der Waals surface area contributed by atoms with Gasteiger partial charge in [-0.15, -0.1) is 5.10 Å². The van der Waals surface area contributed by atoms with Crippen LogP contribution >= 0.6 is 0 Å². The molecule has 0 radical (unpaired) electrons. The molecule has 0 saturated heterocycles. The first-order chi connectivity index (χ1) is 15.1. The maximum absolute atomic E-state index is 14.2. The predicted molar refractivity (Wildman–Crippen MR) is 113 cm³/mol. The Kier molecular flexibility index (Phi) is 5.70. The number of pyridine rings is 1. The van der Waals surface area contributed by atoms with Crippen LogP contribution in [0.15, 0.2) is 67.0 Å². The number of halogens is 1. The summed E-state index contributed by atoms with van der Waals surface area (Å²) in [4.78, 5) is 17.2. The first-order valence-corrected chi connectivity index (χ1v) is 9.61. The van der Waals surface area contributed by atoms with Gasteiger partial charge in [0.15, 0.2) is 5.69 Å². The van der Waals surface area contributed by atoms with E-state index in [-0.39, 0.29) is 18.1 Å². The molecule has 0 unspecified atom stereocenters. The Bertz CT molecular complexity index is 1220. The number of amides is 1. The van der Waals surface area contributed by atoms with Gasteiger partial charge in [0.05, 0.1) is 12.8 Å². The van der Waals surface area contributed by atoms with Crippen LogP contribution in [-0.2, 0) is 6.54 Å². The number of aromatic nitrogens is 4. The van der Waals surface area contributed by atoms with E-state index in [4.69, 9.17) is 4.74 Å². The Morgan fingerprint density at radius 1 is 1.16 bits per heavy atom. The van der Waals surface area contributed by atoms with Crippen LogP contribution in [0.4, 0.5) is 4.39 Å². The normalized spacial score (nSPS) is 10.7. The third-order valence-electron chi connectivity index (χ3n) is 4.87. The summed E-state index contributed by atoms with van der Waals surface area (Å²) < 4.78 is 20.9. The lowest BCUT2D eigenvalue weighted by Gasteiger charge is -2.11. The highest BCUT2D eigenvalue weighted by molar-refractivity contribution is 5.98. The van der Waals surface area contributed by atoms with Crippen LogP contribution in [0, 0.1) is 12.7 Å². The van der Waals surface area contributed by atoms with Gasteiger partial charge in [0.2, 0.25) is 0 Å². The average molecular weight is 417 g/mol. The van der Waals surface area contributed by atoms with Crippen molar-refractivity contribution >= 4 is 5.91 Å². The summed E-state index contributed by atoms with van der Waals surface area (Å²) in [6, 6.07) is 15.7. The number of nitrogens with one attached hydrogen (secondary N) is 1. The fraction of sp³-hybridized carbons (Fsp3) is 0.130. The van der Waals surface area contributed by atoms with Crippen LogP contribution in [-0.4, -0.2) is 33.0 Å². The van der Waals surface area contributed by atoms with Gasteiger partial charge < -0.3 is 10.1 Å². The molecular formula is C23H20FN5O2. The summed E-state index contributed by atoms with van der Waals surface area (Å²) in [5.41, 5.74) is 2.98. The van der Waals surface area contributed by atoms with Gasteiger partial charge in [-0.1, -0.05) is 23.4 Å². The van der Waals surface area contributed by atoms with E-state index in [1.807, 2.05) is 24.3 Å². The lowest BCUT2D eigenvalue weighted by Crippen LogP contribution is -2.24. The molecule has 0 aliphatic rings. The Hall–Kier alpha value is -4.07. The van der Waals surface area contributed by atoms with Crippen LogP contribution in [0.5, 0.6) is 5.75 Å². The summed E-state index contributed by atoms with van der Waals surface area (Å²) in [5.74, 6) is -0.0635. The zero-order chi connectivity index (χ0) is 21.8. The quantitative estimate of drug-likeness (QED) is 0.517. The number of ether oxygens (including phenoxy) is 1. The van der Waals surface area contributed by atoms with E-state index in [0.29, 0.717) is 28.3 Å². The summed E-state index contributed by atoms with van der Waals surface area (Å²) in [6.07, 6.45) is 3.25. The number of benzene rings is 2. The van der Waals surface area contributed by atoms with Crippen LogP contribution in [0.3, 0.4) is 0 Å². The van der Waals surface area contributed by atoms with Crippen molar-refractivity contribution in [1.29, 1.82) is 0 Å². The van der Waals surface area contributed by atoms with Crippen LogP contribution < -0.4 is 10.1 Å². The number of carbonyl (C=O) groups excluding carboxylic acids is 1. The predicted octanol–water partition coefficient (Wildman–Crippen LogP) is 3.72. The zero-order valence-corrected chi connectivity index (χ0v) is 17.0. The van der Waals surface area contributed by atoms with Gasteiger partial charge in [-0.05, 0) is 48.9 Å². The molecule has 0 bridgehead atoms. The molecule has 2 heterocycles. The monoisotopic (exact) mass is 417 g/mol. The van der Waals surface area contributed by atoms with Gasteiger partial charge in [0, 0.05) is 30.1 Å². The van der Waals surface area contributed by atoms with Crippen molar-refractivity contribution in [2.45, 2.75) is 13.5 Å². The third-order valence-corrected chi connectivity index (χ3v) is 4.87. The van der Waals surface area contributed by atoms with E-state index in [1.165, 1.54) is 10.7 Å². The van der Waals surface area contributed by atoms with E-state index in [2.05, 4.69) is 20.6 Å². The molecule has 2 aromatic heterocycles. The molecule has 0 aliphatic heterocycles. The van der Waals surface area contributed by atoms with Crippen molar-refractivity contribution in [2.75, 3.05) is 7.11 Å². The topological polar surface area (TPSA) is 81.9 Å². The highest BCUT2D eigenvalue weighted by Gasteiger charge is 2.23. The fourth-order valence-electron chi connectivity index (χ4n) is 3.24. The highest BCUT2D eigenvalue weighted by Crippen LogP contribution is 2.27. The van der Waals surface area contributed by atoms with Gasteiger partial charge in [-0.2, -0.15) is 0 Å². The third kappa shape index (κ3) is 4.13. The van der Waals surface area contributed by atoms with Crippen molar-refractivity contribution in [3.63, 3.8) is 0 Å². The number of rotatable bonds is 6. The second-order valence-electron chi connectivity index (χ2n) is 6.86. The number of hydrogen-bond donors (Lipinski definition) is 1. The Morgan fingerprint density at radius 3 is 2.77 bits per heavy atom. The second kappa shape index (κ2) is 8.74. The SMILES string of the molecule is COc1cccc(CNC(=O)c2nnn(-c3cccc(F)c3C)c2-c2cccnc2)c1. The summed E-state index contributed by atoms with van der Waals surface area (Å²) in [7, 11) is 1.59. The van der Waals surface area contributed by atoms with Gasteiger partial charge >= 0.3 is 0 Å². The van der Waals surface area contributed by atoms with Crippen LogP contribution in [0.2, 0.25) is 0 Å². The number of nitrogens with zero attached hydrogens (tertiary/aromatic N) is 4. The Morgan fingerprint density at radius 2 is 2.00 bits per heavy atom. The molecule has 0 atom stereocenters. The maximum Gasteiger partial charge on any atom is 0.274 e. The van der Waals surface area contributed by atoms with Gasteiger partial charge in [0.1, 0.15) is 17.3 Å². The molecule has 31 heavy (non-hydrogen) atoms. The molecular weight excluding hydrogens is 397 g/mol. The van der Waals surface area contributed by atoms with Crippen molar-refractivity contribution in [2.24, 2.45) is 0 Å². The first kappa shape index (κ1) is 20.2. The van der Waals surface area contributed by atoms with Crippen molar-refractivity contribution in [1.82, 2.24) is 25.3 Å². The number of carbonyl (C=O) groups is 1. The van der Waals surface area contributed by atoms with Gasteiger partial charge in [0.25, 0.3) is 5.91 Å². The maximum atomic E-state index is 14.2. The molecule has 0 aliphatic carbocycles. The molecule has 4 aromatic rings. The summed E-state index contributed by atoms with van der Waals surface area (Å²) in [6.45, 7) is 1.94. The minimum Gasteiger partial charge on any atom is -0.497 e. The molecule has 7 nitrogen and oxygen atoms in total. The number of hydrogen-bond acceptors (Lipinski definition) is 5. The Labute approximate surface area is 178 Å². The molecule has 0 spiro atoms. The van der Waals surface area contributed by atoms with E-state index in [1.54, 1.807) is 50.7 Å². The Balaban J connectivity index is 1.71. The van der Waals surface area contributed by atoms with Crippen molar-refractivity contribution in [3.8, 4) is 22.7 Å². The molecule has 0 saturated carbocycles. The smallest absolute Gasteiger partial charge is 0.274 e. The van der Waals surface area contributed by atoms with Crippen molar-refractivity contribution < 1.29 is 13.9 Å². The lowest BCUT2D eigenvalue weighted by atomic mass is 10.1. The zero-order valence-electron chi connectivity index (χ0n) is 17.0. The standard InChI is InChI=1S/C23H20FN5O2/c1-15-19(24)9-4-10-20(15)29-22(17-7-5-11-25-14-17)21(27-28-29)23(30)26-13-16-6-3-8-18(12-16)31-2/h3-12,14H,13H2,1-2H3,(H,26,30). The van der Waals surface area contributed by atoms with Gasteiger partial charge in [-0.3, -0.25) is 9.78 Å². The van der Waals surface area contributed by atoms with Gasteiger partial charge in [-0.25, -0.2) is 9.07 Å². The molecule has 4 rings (SSSR count). The molecule has 1 N–H and O–H groups in total. The van der Waals surface area contributed by atoms with Crippen LogP contribution in [0.25, 0.3) is 16.9 Å². The average Bonchev–Trinajstić information content (AvgIpc) is 3.25. The first-order valence-electron chi connectivity index (χ1n) is 9.61. The molecule has 0 fully saturated rings. The van der Waals surface area contributed by atoms with E-state index < -0.39 is 5.91 Å². The van der Waals surface area contributed by atoms with E-state index >= 15 is 0 Å². The van der Waals surface area contributed by atoms with Crippen molar-refractivity contribution in [3.05, 3.63) is 89.6 Å². The molecule has 2 aromatic carbocycles. The molecule has 156 valence electrons. The summed E-state index contributed by atoms with van der Waals surface area (Å²) in [5, 5.41) is 11.1. The molecule has 8 heteroatoms. The second-order valence-corrected chi connectivity index (χ2v) is 6.86. The lowest BCUT2D eigenvalue weighted by molar-refractivity contribution is 0.0946. The summed E-state index contributed by atoms with van der Waals surface area (Å²) >= 11 is 0. The number of methoxy groups -OCH3 is 1. The fourth-order valence-corrected chi connectivity index (χ4v) is 3.24. The molecule has 1 amide bonds. The van der Waals surface area contributed by atoms with E-state index in [0.717, 1.165) is 5.56 Å². The minimum atomic E-state index is -0.401. The van der Waals surface area contributed by atoms with Crippen LogP contribution in [0.1, 0.15) is 21.6 Å². The largest absolute Gasteiger partial charge is 0.497 e. The highest BCUT2D eigenvalue weighted by atomic mass is 19.1. The van der Waals surface area contributed by atoms with E-state index in [9.17, 15) is 9.18 Å².